The number of thiazole rings is 1. The van der Waals surface area contributed by atoms with Gasteiger partial charge in [0.25, 0.3) is 11.8 Å². The second-order valence-electron chi connectivity index (χ2n) is 5.09. The predicted octanol–water partition coefficient (Wildman–Crippen LogP) is 2.62. The average Bonchev–Trinajstić information content (AvgIpc) is 3.18. The molecule has 5 nitrogen and oxygen atoms in total. The first kappa shape index (κ1) is 15.0. The average molecular weight is 336 g/mol. The van der Waals surface area contributed by atoms with Gasteiger partial charge in [0.1, 0.15) is 5.69 Å². The molecule has 2 aromatic rings. The Bertz CT molecular complexity index is 695. The van der Waals surface area contributed by atoms with Gasteiger partial charge < -0.3 is 10.6 Å². The van der Waals surface area contributed by atoms with E-state index in [1.54, 1.807) is 17.5 Å². The van der Waals surface area contributed by atoms with Crippen molar-refractivity contribution in [3.63, 3.8) is 0 Å². The van der Waals surface area contributed by atoms with E-state index < -0.39 is 0 Å². The van der Waals surface area contributed by atoms with Crippen LogP contribution in [-0.4, -0.2) is 22.8 Å². The molecule has 1 aromatic heterocycles. The van der Waals surface area contributed by atoms with E-state index in [4.69, 9.17) is 11.6 Å². The minimum atomic E-state index is -0.295. The van der Waals surface area contributed by atoms with Crippen molar-refractivity contribution in [1.29, 1.82) is 0 Å². The summed E-state index contributed by atoms with van der Waals surface area (Å²) in [6.45, 7) is 0.386. The molecule has 22 heavy (non-hydrogen) atoms. The van der Waals surface area contributed by atoms with Crippen LogP contribution in [0, 0.1) is 0 Å². The Kier molecular flexibility index (Phi) is 4.40. The smallest absolute Gasteiger partial charge is 0.280 e. The third-order valence-electron chi connectivity index (χ3n) is 3.21. The van der Waals surface area contributed by atoms with Gasteiger partial charge in [0.2, 0.25) is 0 Å². The molecule has 1 heterocycles. The highest BCUT2D eigenvalue weighted by Crippen LogP contribution is 2.20. The van der Waals surface area contributed by atoms with Gasteiger partial charge in [0.05, 0.1) is 0 Å². The van der Waals surface area contributed by atoms with Crippen LogP contribution in [0.4, 0.5) is 0 Å². The molecule has 1 saturated carbocycles. The summed E-state index contributed by atoms with van der Waals surface area (Å²) in [5.41, 5.74) is 1.21. The number of aromatic nitrogens is 1. The number of nitrogens with zero attached hydrogens (tertiary/aromatic N) is 1. The zero-order valence-corrected chi connectivity index (χ0v) is 13.2. The van der Waals surface area contributed by atoms with E-state index in [9.17, 15) is 9.59 Å². The molecule has 1 aliphatic carbocycles. The summed E-state index contributed by atoms with van der Waals surface area (Å²) in [7, 11) is 0. The van der Waals surface area contributed by atoms with Crippen molar-refractivity contribution in [2.24, 2.45) is 0 Å². The van der Waals surface area contributed by atoms with Gasteiger partial charge in [-0.3, -0.25) is 9.59 Å². The van der Waals surface area contributed by atoms with E-state index in [0.29, 0.717) is 16.6 Å². The molecule has 0 bridgehead atoms. The van der Waals surface area contributed by atoms with Gasteiger partial charge in [-0.1, -0.05) is 23.7 Å². The summed E-state index contributed by atoms with van der Waals surface area (Å²) in [6, 6.07) is 7.51. The molecule has 1 aromatic carbocycles. The molecule has 0 spiro atoms. The predicted molar refractivity (Wildman–Crippen MR) is 85.2 cm³/mol. The van der Waals surface area contributed by atoms with Gasteiger partial charge in [-0.25, -0.2) is 4.98 Å². The molecule has 0 aliphatic heterocycles. The Labute approximate surface area is 136 Å². The van der Waals surface area contributed by atoms with E-state index in [-0.39, 0.29) is 23.6 Å². The van der Waals surface area contributed by atoms with E-state index in [1.165, 1.54) is 11.3 Å². The quantitative estimate of drug-likeness (QED) is 0.882. The van der Waals surface area contributed by atoms with Crippen LogP contribution in [0.2, 0.25) is 5.02 Å². The van der Waals surface area contributed by atoms with Crippen LogP contribution in [0.1, 0.15) is 38.7 Å². The topological polar surface area (TPSA) is 71.1 Å². The number of nitrogens with one attached hydrogen (secondary N) is 2. The largest absolute Gasteiger partial charge is 0.347 e. The van der Waals surface area contributed by atoms with Crippen molar-refractivity contribution >= 4 is 34.8 Å². The highest BCUT2D eigenvalue weighted by molar-refractivity contribution is 7.11. The minimum absolute atomic E-state index is 0.204. The summed E-state index contributed by atoms with van der Waals surface area (Å²) in [5, 5.41) is 8.19. The van der Waals surface area contributed by atoms with E-state index >= 15 is 0 Å². The lowest BCUT2D eigenvalue weighted by atomic mass is 10.2. The standard InChI is InChI=1S/C15H14ClN3O2S/c16-10-3-1-9(2-4-10)7-17-13(20)12-8-22-15(19-12)14(21)18-11-5-6-11/h1-4,8,11H,5-7H2,(H,17,20)(H,18,21). The number of carbonyl (C=O) groups excluding carboxylic acids is 2. The highest BCUT2D eigenvalue weighted by Gasteiger charge is 2.25. The fourth-order valence-corrected chi connectivity index (χ4v) is 2.66. The van der Waals surface area contributed by atoms with E-state index in [0.717, 1.165) is 18.4 Å². The molecule has 7 heteroatoms. The minimum Gasteiger partial charge on any atom is -0.347 e. The van der Waals surface area contributed by atoms with Gasteiger partial charge in [0, 0.05) is 23.0 Å². The number of hydrogen-bond acceptors (Lipinski definition) is 4. The van der Waals surface area contributed by atoms with Crippen LogP contribution in [0.15, 0.2) is 29.6 Å². The van der Waals surface area contributed by atoms with Crippen LogP contribution in [0.5, 0.6) is 0 Å². The highest BCUT2D eigenvalue weighted by atomic mass is 35.5. The van der Waals surface area contributed by atoms with Crippen molar-refractivity contribution in [1.82, 2.24) is 15.6 Å². The molecule has 0 saturated heterocycles. The Morgan fingerprint density at radius 1 is 1.23 bits per heavy atom. The summed E-state index contributed by atoms with van der Waals surface area (Å²) in [4.78, 5) is 28.0. The molecular weight excluding hydrogens is 322 g/mol. The molecule has 0 atom stereocenters. The SMILES string of the molecule is O=C(NCc1ccc(Cl)cc1)c1csc(C(=O)NC2CC2)n1. The molecule has 2 N–H and O–H groups in total. The molecule has 3 rings (SSSR count). The Morgan fingerprint density at radius 3 is 2.64 bits per heavy atom. The van der Waals surface area contributed by atoms with Crippen LogP contribution < -0.4 is 10.6 Å². The lowest BCUT2D eigenvalue weighted by molar-refractivity contribution is 0.0945. The van der Waals surface area contributed by atoms with Crippen molar-refractivity contribution in [3.05, 3.63) is 50.9 Å². The molecule has 1 fully saturated rings. The number of benzene rings is 1. The van der Waals surface area contributed by atoms with Crippen LogP contribution in [0.25, 0.3) is 0 Å². The van der Waals surface area contributed by atoms with Gasteiger partial charge >= 0.3 is 0 Å². The Balaban J connectivity index is 1.56. The summed E-state index contributed by atoms with van der Waals surface area (Å²) >= 11 is 6.99. The number of halogens is 1. The van der Waals surface area contributed by atoms with Crippen LogP contribution >= 0.6 is 22.9 Å². The summed E-state index contributed by atoms with van der Waals surface area (Å²) < 4.78 is 0. The molecule has 1 aliphatic rings. The third-order valence-corrected chi connectivity index (χ3v) is 4.30. The van der Waals surface area contributed by atoms with Gasteiger partial charge in [-0.2, -0.15) is 0 Å². The van der Waals surface area contributed by atoms with Gasteiger partial charge in [-0.15, -0.1) is 11.3 Å². The zero-order valence-electron chi connectivity index (χ0n) is 11.6. The van der Waals surface area contributed by atoms with Gasteiger partial charge in [-0.05, 0) is 30.5 Å². The Morgan fingerprint density at radius 2 is 1.95 bits per heavy atom. The maximum Gasteiger partial charge on any atom is 0.280 e. The summed E-state index contributed by atoms with van der Waals surface area (Å²) in [5.74, 6) is -0.499. The maximum absolute atomic E-state index is 12.0. The van der Waals surface area contributed by atoms with Crippen molar-refractivity contribution < 1.29 is 9.59 Å². The first-order valence-electron chi connectivity index (χ1n) is 6.91. The third kappa shape index (κ3) is 3.84. The fraction of sp³-hybridized carbons (Fsp3) is 0.267. The van der Waals surface area contributed by atoms with Gasteiger partial charge in [0.15, 0.2) is 5.01 Å². The van der Waals surface area contributed by atoms with Crippen LogP contribution in [0.3, 0.4) is 0 Å². The molecule has 0 unspecified atom stereocenters. The first-order chi connectivity index (χ1) is 10.6. The monoisotopic (exact) mass is 335 g/mol. The fourth-order valence-electron chi connectivity index (χ4n) is 1.83. The lowest BCUT2D eigenvalue weighted by Crippen LogP contribution is -2.26. The van der Waals surface area contributed by atoms with E-state index in [1.807, 2.05) is 12.1 Å². The van der Waals surface area contributed by atoms with Crippen molar-refractivity contribution in [2.75, 3.05) is 0 Å². The zero-order chi connectivity index (χ0) is 15.5. The second kappa shape index (κ2) is 6.46. The Hall–Kier alpha value is -1.92. The maximum atomic E-state index is 12.0. The molecule has 0 radical (unpaired) electrons. The van der Waals surface area contributed by atoms with Crippen molar-refractivity contribution in [3.8, 4) is 0 Å². The van der Waals surface area contributed by atoms with E-state index in [2.05, 4.69) is 15.6 Å². The number of amides is 2. The normalized spacial score (nSPS) is 13.7. The molecule has 2 amide bonds. The first-order valence-corrected chi connectivity index (χ1v) is 8.16. The number of rotatable bonds is 5. The second-order valence-corrected chi connectivity index (χ2v) is 6.39. The van der Waals surface area contributed by atoms with Crippen LogP contribution in [-0.2, 0) is 6.54 Å². The molecule has 114 valence electrons. The molecular formula is C15H14ClN3O2S. The lowest BCUT2D eigenvalue weighted by Gasteiger charge is -2.03. The summed E-state index contributed by atoms with van der Waals surface area (Å²) in [6.07, 6.45) is 2.04. The number of hydrogen-bond donors (Lipinski definition) is 2. The van der Waals surface area contributed by atoms with Crippen molar-refractivity contribution in [2.45, 2.75) is 25.4 Å². The number of carbonyl (C=O) groups is 2.